The van der Waals surface area contributed by atoms with Crippen LogP contribution in [-0.2, 0) is 4.79 Å². The summed E-state index contributed by atoms with van der Waals surface area (Å²) >= 11 is 0. The summed E-state index contributed by atoms with van der Waals surface area (Å²) in [5.74, 6) is 1.95. The van der Waals surface area contributed by atoms with Crippen molar-refractivity contribution in [1.29, 1.82) is 0 Å². The first-order chi connectivity index (χ1) is 9.28. The van der Waals surface area contributed by atoms with E-state index in [0.717, 1.165) is 25.4 Å². The van der Waals surface area contributed by atoms with Crippen LogP contribution in [0, 0.1) is 5.92 Å². The van der Waals surface area contributed by atoms with Crippen molar-refractivity contribution in [3.05, 3.63) is 24.3 Å². The van der Waals surface area contributed by atoms with Gasteiger partial charge in [0, 0.05) is 25.6 Å². The number of ether oxygens (including phenoxy) is 2. The standard InChI is InChI=1S/C14H20N2O3/c1-2-18-12-3-5-13(6-4-12)19-10-14(17)16-9-11-7-15-8-11/h3-6,11,15H,2,7-10H2,1H3,(H,16,17). The lowest BCUT2D eigenvalue weighted by molar-refractivity contribution is -0.123. The first-order valence-electron chi connectivity index (χ1n) is 6.61. The highest BCUT2D eigenvalue weighted by atomic mass is 16.5. The lowest BCUT2D eigenvalue weighted by atomic mass is 10.0. The average molecular weight is 264 g/mol. The second-order valence-corrected chi connectivity index (χ2v) is 4.52. The fraction of sp³-hybridized carbons (Fsp3) is 0.500. The van der Waals surface area contributed by atoms with Crippen LogP contribution < -0.4 is 20.1 Å². The average Bonchev–Trinajstić information content (AvgIpc) is 2.36. The van der Waals surface area contributed by atoms with Gasteiger partial charge >= 0.3 is 0 Å². The smallest absolute Gasteiger partial charge is 0.257 e. The van der Waals surface area contributed by atoms with Gasteiger partial charge in [-0.15, -0.1) is 0 Å². The maximum absolute atomic E-state index is 11.5. The van der Waals surface area contributed by atoms with Crippen molar-refractivity contribution in [2.75, 3.05) is 32.8 Å². The molecule has 0 saturated carbocycles. The first kappa shape index (κ1) is 13.7. The summed E-state index contributed by atoms with van der Waals surface area (Å²) in [7, 11) is 0. The van der Waals surface area contributed by atoms with Crippen LogP contribution in [0.2, 0.25) is 0 Å². The Labute approximate surface area is 113 Å². The van der Waals surface area contributed by atoms with E-state index in [2.05, 4.69) is 10.6 Å². The minimum atomic E-state index is -0.0826. The number of hydrogen-bond donors (Lipinski definition) is 2. The molecule has 1 saturated heterocycles. The molecular weight excluding hydrogens is 244 g/mol. The van der Waals surface area contributed by atoms with Gasteiger partial charge in [-0.1, -0.05) is 0 Å². The van der Waals surface area contributed by atoms with Crippen LogP contribution in [0.3, 0.4) is 0 Å². The fourth-order valence-electron chi connectivity index (χ4n) is 1.75. The number of carbonyl (C=O) groups is 1. The molecular formula is C14H20N2O3. The van der Waals surface area contributed by atoms with Gasteiger partial charge in [-0.3, -0.25) is 4.79 Å². The second-order valence-electron chi connectivity index (χ2n) is 4.52. The van der Waals surface area contributed by atoms with Gasteiger partial charge < -0.3 is 20.1 Å². The molecule has 1 aromatic carbocycles. The predicted octanol–water partition coefficient (Wildman–Crippen LogP) is 0.800. The molecule has 2 rings (SSSR count). The van der Waals surface area contributed by atoms with Gasteiger partial charge in [-0.2, -0.15) is 0 Å². The Hall–Kier alpha value is -1.75. The Morgan fingerprint density at radius 1 is 1.26 bits per heavy atom. The van der Waals surface area contributed by atoms with Crippen molar-refractivity contribution in [3.8, 4) is 11.5 Å². The summed E-state index contributed by atoms with van der Waals surface area (Å²) < 4.78 is 10.7. The van der Waals surface area contributed by atoms with Crippen LogP contribution in [-0.4, -0.2) is 38.8 Å². The van der Waals surface area contributed by atoms with Gasteiger partial charge in [0.15, 0.2) is 6.61 Å². The van der Waals surface area contributed by atoms with E-state index in [1.807, 2.05) is 19.1 Å². The maximum Gasteiger partial charge on any atom is 0.257 e. The number of rotatable bonds is 7. The van der Waals surface area contributed by atoms with Gasteiger partial charge in [0.25, 0.3) is 5.91 Å². The third kappa shape index (κ3) is 4.44. The van der Waals surface area contributed by atoms with E-state index in [1.54, 1.807) is 12.1 Å². The Balaban J connectivity index is 1.67. The highest BCUT2D eigenvalue weighted by molar-refractivity contribution is 5.77. The van der Waals surface area contributed by atoms with E-state index in [1.165, 1.54) is 0 Å². The van der Waals surface area contributed by atoms with Crippen LogP contribution in [0.1, 0.15) is 6.92 Å². The van der Waals surface area contributed by atoms with Crippen molar-refractivity contribution in [2.45, 2.75) is 6.92 Å². The molecule has 1 aromatic rings. The summed E-state index contributed by atoms with van der Waals surface area (Å²) in [6, 6.07) is 7.26. The Bertz CT molecular complexity index is 402. The Kier molecular flexibility index (Phi) is 5.03. The quantitative estimate of drug-likeness (QED) is 0.765. The number of nitrogens with one attached hydrogen (secondary N) is 2. The molecule has 0 atom stereocenters. The predicted molar refractivity (Wildman–Crippen MR) is 72.5 cm³/mol. The van der Waals surface area contributed by atoms with Crippen molar-refractivity contribution >= 4 is 5.91 Å². The van der Waals surface area contributed by atoms with Crippen molar-refractivity contribution in [3.63, 3.8) is 0 Å². The van der Waals surface area contributed by atoms with Crippen LogP contribution in [0.4, 0.5) is 0 Å². The zero-order chi connectivity index (χ0) is 13.5. The van der Waals surface area contributed by atoms with E-state index in [-0.39, 0.29) is 12.5 Å². The molecule has 0 aromatic heterocycles. The molecule has 0 unspecified atom stereocenters. The molecule has 19 heavy (non-hydrogen) atoms. The summed E-state index contributed by atoms with van der Waals surface area (Å²) in [6.07, 6.45) is 0. The van der Waals surface area contributed by atoms with E-state index in [4.69, 9.17) is 9.47 Å². The lowest BCUT2D eigenvalue weighted by Gasteiger charge is -2.27. The molecule has 5 nitrogen and oxygen atoms in total. The summed E-state index contributed by atoms with van der Waals surface area (Å²) in [6.45, 7) is 5.32. The van der Waals surface area contributed by atoms with Crippen molar-refractivity contribution in [1.82, 2.24) is 10.6 Å². The van der Waals surface area contributed by atoms with Gasteiger partial charge in [0.05, 0.1) is 6.61 Å². The zero-order valence-electron chi connectivity index (χ0n) is 11.1. The highest BCUT2D eigenvalue weighted by Crippen LogP contribution is 2.17. The number of carbonyl (C=O) groups excluding carboxylic acids is 1. The van der Waals surface area contributed by atoms with Gasteiger partial charge in [-0.25, -0.2) is 0 Å². The normalized spacial score (nSPS) is 14.6. The summed E-state index contributed by atoms with van der Waals surface area (Å²) in [5.41, 5.74) is 0. The van der Waals surface area contributed by atoms with E-state index in [9.17, 15) is 4.79 Å². The molecule has 1 aliphatic rings. The third-order valence-electron chi connectivity index (χ3n) is 2.96. The molecule has 0 spiro atoms. The largest absolute Gasteiger partial charge is 0.494 e. The second kappa shape index (κ2) is 6.99. The molecule has 1 amide bonds. The highest BCUT2D eigenvalue weighted by Gasteiger charge is 2.17. The van der Waals surface area contributed by atoms with Crippen LogP contribution in [0.15, 0.2) is 24.3 Å². The molecule has 0 radical (unpaired) electrons. The van der Waals surface area contributed by atoms with Crippen LogP contribution in [0.5, 0.6) is 11.5 Å². The molecule has 0 aliphatic carbocycles. The molecule has 1 aliphatic heterocycles. The van der Waals surface area contributed by atoms with Crippen molar-refractivity contribution in [2.24, 2.45) is 5.92 Å². The van der Waals surface area contributed by atoms with E-state index >= 15 is 0 Å². The topological polar surface area (TPSA) is 59.6 Å². The van der Waals surface area contributed by atoms with Crippen molar-refractivity contribution < 1.29 is 14.3 Å². The molecule has 5 heteroatoms. The minimum absolute atomic E-state index is 0.0497. The number of hydrogen-bond acceptors (Lipinski definition) is 4. The van der Waals surface area contributed by atoms with E-state index in [0.29, 0.717) is 18.3 Å². The third-order valence-corrected chi connectivity index (χ3v) is 2.96. The van der Waals surface area contributed by atoms with Crippen LogP contribution in [0.25, 0.3) is 0 Å². The first-order valence-corrected chi connectivity index (χ1v) is 6.61. The molecule has 104 valence electrons. The molecule has 1 heterocycles. The van der Waals surface area contributed by atoms with Crippen LogP contribution >= 0.6 is 0 Å². The zero-order valence-corrected chi connectivity index (χ0v) is 11.1. The van der Waals surface area contributed by atoms with E-state index < -0.39 is 0 Å². The van der Waals surface area contributed by atoms with Gasteiger partial charge in [0.2, 0.25) is 0 Å². The lowest BCUT2D eigenvalue weighted by Crippen LogP contribution is -2.48. The number of amides is 1. The fourth-order valence-corrected chi connectivity index (χ4v) is 1.75. The molecule has 0 bridgehead atoms. The monoisotopic (exact) mass is 264 g/mol. The summed E-state index contributed by atoms with van der Waals surface area (Å²) in [5, 5.41) is 6.02. The Morgan fingerprint density at radius 3 is 2.42 bits per heavy atom. The van der Waals surface area contributed by atoms with Gasteiger partial charge in [0.1, 0.15) is 11.5 Å². The van der Waals surface area contributed by atoms with Gasteiger partial charge in [-0.05, 0) is 31.2 Å². The number of benzene rings is 1. The molecule has 2 N–H and O–H groups in total. The summed E-state index contributed by atoms with van der Waals surface area (Å²) in [4.78, 5) is 11.5. The minimum Gasteiger partial charge on any atom is -0.494 e. The molecule has 1 fully saturated rings. The Morgan fingerprint density at radius 2 is 1.89 bits per heavy atom. The maximum atomic E-state index is 11.5. The SMILES string of the molecule is CCOc1ccc(OCC(=O)NCC2CNC2)cc1.